The number of aromatic nitrogens is 2. The van der Waals surface area contributed by atoms with E-state index in [1.807, 2.05) is 52.5 Å². The zero-order valence-corrected chi connectivity index (χ0v) is 31.7. The van der Waals surface area contributed by atoms with Gasteiger partial charge < -0.3 is 39.6 Å². The Morgan fingerprint density at radius 3 is 0.611 bits per heavy atom. The standard InChI is InChI=1S/2C7H9N.4C7H6O2.2Cu/c2*1-6-3-7(2)5-8-4-6;4*8-7(9)6-4-2-1-3-5-6;;/h2*3-5H,1-2H3;4*1-5H,(H,8,9);;/q;;;;;;2*+2/p-4. The van der Waals surface area contributed by atoms with Crippen LogP contribution in [0.4, 0.5) is 0 Å². The van der Waals surface area contributed by atoms with Crippen molar-refractivity contribution in [2.45, 2.75) is 27.7 Å². The maximum absolute atomic E-state index is 10.1. The molecule has 0 fully saturated rings. The summed E-state index contributed by atoms with van der Waals surface area (Å²) in [5.74, 6) is -4.52. The van der Waals surface area contributed by atoms with Crippen molar-refractivity contribution in [1.29, 1.82) is 0 Å². The van der Waals surface area contributed by atoms with Crippen molar-refractivity contribution in [2.75, 3.05) is 0 Å². The van der Waals surface area contributed by atoms with Crippen LogP contribution in [0.5, 0.6) is 0 Å². The average molecular weight is 826 g/mol. The van der Waals surface area contributed by atoms with Crippen LogP contribution in [0, 0.1) is 27.7 Å². The number of carbonyl (C=O) groups excluding carboxylic acids is 4. The minimum absolute atomic E-state index is 0. The number of carboxylic acids is 4. The summed E-state index contributed by atoms with van der Waals surface area (Å²) in [5, 5.41) is 40.4. The summed E-state index contributed by atoms with van der Waals surface area (Å²) in [6, 6.07) is 36.5. The van der Waals surface area contributed by atoms with Crippen molar-refractivity contribution in [1.82, 2.24) is 9.97 Å². The van der Waals surface area contributed by atoms with Crippen LogP contribution in [0.2, 0.25) is 0 Å². The van der Waals surface area contributed by atoms with E-state index in [1.165, 1.54) is 70.8 Å². The SMILES string of the molecule is Cc1cncc(C)c1.Cc1cncc(C)c1.O=C([O-])c1ccccc1.O=C([O-])c1ccccc1.O=C([O-])c1ccccc1.O=C([O-])c1ccccc1.[Cu+2].[Cu+2]. The summed E-state index contributed by atoms with van der Waals surface area (Å²) in [4.78, 5) is 48.3. The number of pyridine rings is 2. The fraction of sp³-hybridized carbons (Fsp3) is 0.0952. The fourth-order valence-corrected chi connectivity index (χ4v) is 3.71. The third kappa shape index (κ3) is 24.3. The molecule has 0 bridgehead atoms. The van der Waals surface area contributed by atoms with Gasteiger partial charge in [-0.25, -0.2) is 0 Å². The van der Waals surface area contributed by atoms with Crippen molar-refractivity contribution >= 4 is 23.9 Å². The van der Waals surface area contributed by atoms with E-state index in [1.54, 1.807) is 72.8 Å². The van der Waals surface area contributed by atoms with Crippen LogP contribution < -0.4 is 20.4 Å². The van der Waals surface area contributed by atoms with Crippen LogP contribution in [0.25, 0.3) is 0 Å². The third-order valence-corrected chi connectivity index (χ3v) is 6.06. The minimum Gasteiger partial charge on any atom is -0.545 e. The smallest absolute Gasteiger partial charge is 0.545 e. The zero-order valence-electron chi connectivity index (χ0n) is 29.8. The van der Waals surface area contributed by atoms with E-state index in [-0.39, 0.29) is 56.4 Å². The molecular formula is C42H38Cu2N2O8. The van der Waals surface area contributed by atoms with E-state index in [2.05, 4.69) is 22.1 Å². The van der Waals surface area contributed by atoms with Gasteiger partial charge in [0.2, 0.25) is 0 Å². The predicted molar refractivity (Wildman–Crippen MR) is 191 cm³/mol. The van der Waals surface area contributed by atoms with Crippen LogP contribution in [-0.2, 0) is 34.1 Å². The molecule has 0 saturated heterocycles. The number of benzene rings is 4. The molecule has 2 radical (unpaired) electrons. The van der Waals surface area contributed by atoms with E-state index < -0.39 is 23.9 Å². The Bertz CT molecular complexity index is 1660. The molecule has 0 aliphatic heterocycles. The summed E-state index contributed by atoms with van der Waals surface area (Å²) >= 11 is 0. The minimum atomic E-state index is -1.13. The molecule has 0 atom stereocenters. The van der Waals surface area contributed by atoms with Crippen molar-refractivity contribution in [3.05, 3.63) is 203 Å². The molecule has 0 aliphatic carbocycles. The van der Waals surface area contributed by atoms with Crippen LogP contribution in [-0.4, -0.2) is 33.8 Å². The molecule has 2 aromatic heterocycles. The molecule has 0 unspecified atom stereocenters. The number of carboxylic acid groups (broad SMARTS) is 4. The Morgan fingerprint density at radius 1 is 0.352 bits per heavy atom. The molecule has 6 rings (SSSR count). The van der Waals surface area contributed by atoms with Gasteiger partial charge in [0.15, 0.2) is 0 Å². The summed E-state index contributed by atoms with van der Waals surface area (Å²) in [6.07, 6.45) is 7.42. The number of carbonyl (C=O) groups is 4. The predicted octanol–water partition coefficient (Wildman–Crippen LogP) is 3.59. The molecule has 4 aromatic carbocycles. The summed E-state index contributed by atoms with van der Waals surface area (Å²) < 4.78 is 0. The molecule has 2 heterocycles. The molecule has 0 saturated carbocycles. The van der Waals surface area contributed by atoms with Gasteiger partial charge in [0, 0.05) is 24.8 Å². The normalized spacial score (nSPS) is 8.67. The molecule has 6 aromatic rings. The Kier molecular flexibility index (Phi) is 27.6. The largest absolute Gasteiger partial charge is 2.00 e. The second kappa shape index (κ2) is 29.7. The van der Waals surface area contributed by atoms with Gasteiger partial charge in [-0.05, 0) is 72.2 Å². The molecule has 286 valence electrons. The second-order valence-corrected chi connectivity index (χ2v) is 10.7. The summed E-state index contributed by atoms with van der Waals surface area (Å²) in [6.45, 7) is 8.17. The van der Waals surface area contributed by atoms with Gasteiger partial charge >= 0.3 is 34.1 Å². The van der Waals surface area contributed by atoms with Crippen molar-refractivity contribution in [2.24, 2.45) is 0 Å². The fourth-order valence-electron chi connectivity index (χ4n) is 3.71. The van der Waals surface area contributed by atoms with Gasteiger partial charge in [-0.15, -0.1) is 0 Å². The topological polar surface area (TPSA) is 186 Å². The van der Waals surface area contributed by atoms with E-state index in [0.717, 1.165) is 0 Å². The molecule has 0 N–H and O–H groups in total. The zero-order chi connectivity index (χ0) is 38.7. The Labute approximate surface area is 336 Å². The number of aromatic carboxylic acids is 4. The number of hydrogen-bond donors (Lipinski definition) is 0. The number of hydrogen-bond acceptors (Lipinski definition) is 10. The molecule has 0 aliphatic rings. The van der Waals surface area contributed by atoms with Gasteiger partial charge in [-0.1, -0.05) is 133 Å². The van der Waals surface area contributed by atoms with Crippen molar-refractivity contribution in [3.63, 3.8) is 0 Å². The molecule has 0 amide bonds. The van der Waals surface area contributed by atoms with Gasteiger partial charge in [0.1, 0.15) is 0 Å². The van der Waals surface area contributed by atoms with Crippen LogP contribution in [0.1, 0.15) is 63.7 Å². The van der Waals surface area contributed by atoms with Gasteiger partial charge in [0.05, 0.1) is 23.9 Å². The quantitative estimate of drug-likeness (QED) is 0.238. The summed E-state index contributed by atoms with van der Waals surface area (Å²) in [7, 11) is 0. The first kappa shape index (κ1) is 50.2. The Morgan fingerprint density at radius 2 is 0.519 bits per heavy atom. The average Bonchev–Trinajstić information content (AvgIpc) is 3.14. The van der Waals surface area contributed by atoms with E-state index in [9.17, 15) is 39.6 Å². The van der Waals surface area contributed by atoms with E-state index in [0.29, 0.717) is 0 Å². The third-order valence-electron chi connectivity index (χ3n) is 6.06. The Hall–Kier alpha value is -5.90. The number of aryl methyl sites for hydroxylation is 4. The van der Waals surface area contributed by atoms with Crippen LogP contribution >= 0.6 is 0 Å². The van der Waals surface area contributed by atoms with Gasteiger partial charge in [-0.3, -0.25) is 9.97 Å². The van der Waals surface area contributed by atoms with Crippen molar-refractivity contribution in [3.8, 4) is 0 Å². The Balaban J connectivity index is 0. The molecule has 10 nitrogen and oxygen atoms in total. The van der Waals surface area contributed by atoms with E-state index >= 15 is 0 Å². The van der Waals surface area contributed by atoms with Crippen LogP contribution in [0.15, 0.2) is 158 Å². The monoisotopic (exact) mass is 824 g/mol. The molecule has 54 heavy (non-hydrogen) atoms. The van der Waals surface area contributed by atoms with Crippen LogP contribution in [0.3, 0.4) is 0 Å². The first-order chi connectivity index (χ1) is 24.8. The first-order valence-electron chi connectivity index (χ1n) is 15.6. The van der Waals surface area contributed by atoms with E-state index in [4.69, 9.17) is 0 Å². The summed E-state index contributed by atoms with van der Waals surface area (Å²) in [5.41, 5.74) is 5.79. The van der Waals surface area contributed by atoms with Gasteiger partial charge in [-0.2, -0.15) is 0 Å². The molecule has 12 heteroatoms. The van der Waals surface area contributed by atoms with Crippen molar-refractivity contribution < 1.29 is 73.7 Å². The second-order valence-electron chi connectivity index (χ2n) is 10.7. The number of nitrogens with zero attached hydrogens (tertiary/aromatic N) is 2. The van der Waals surface area contributed by atoms with Gasteiger partial charge in [0.25, 0.3) is 0 Å². The first-order valence-corrected chi connectivity index (χ1v) is 15.6. The molecular weight excluding hydrogens is 788 g/mol. The molecule has 0 spiro atoms. The number of rotatable bonds is 4. The maximum Gasteiger partial charge on any atom is 2.00 e. The maximum atomic E-state index is 10.1.